The minimum atomic E-state index is -0.811. The highest BCUT2D eigenvalue weighted by atomic mass is 16.5. The fraction of sp³-hybridized carbons (Fsp3) is 0.429. The maximum Gasteiger partial charge on any atom is 0.119 e. The molecule has 3 nitrogen and oxygen atoms in total. The fourth-order valence-electron chi connectivity index (χ4n) is 3.09. The van der Waals surface area contributed by atoms with E-state index >= 15 is 0 Å². The van der Waals surface area contributed by atoms with E-state index in [0.29, 0.717) is 6.42 Å². The lowest BCUT2D eigenvalue weighted by Gasteiger charge is -2.31. The molecule has 0 amide bonds. The highest BCUT2D eigenvalue weighted by Crippen LogP contribution is 2.32. The molecule has 0 radical (unpaired) electrons. The number of rotatable bonds is 9. The molecule has 3 heteroatoms. The van der Waals surface area contributed by atoms with Crippen molar-refractivity contribution in [2.24, 2.45) is 0 Å². The van der Waals surface area contributed by atoms with Gasteiger partial charge in [0, 0.05) is 13.1 Å². The molecule has 0 fully saturated rings. The van der Waals surface area contributed by atoms with E-state index in [1.165, 1.54) is 5.56 Å². The van der Waals surface area contributed by atoms with Crippen LogP contribution in [0.25, 0.3) is 0 Å². The van der Waals surface area contributed by atoms with Crippen LogP contribution in [0.4, 0.5) is 0 Å². The Morgan fingerprint density at radius 1 is 1.04 bits per heavy atom. The van der Waals surface area contributed by atoms with Gasteiger partial charge in [0.15, 0.2) is 0 Å². The molecule has 0 heterocycles. The van der Waals surface area contributed by atoms with Gasteiger partial charge in [-0.25, -0.2) is 0 Å². The van der Waals surface area contributed by atoms with E-state index in [9.17, 15) is 5.11 Å². The fourth-order valence-corrected chi connectivity index (χ4v) is 3.09. The van der Waals surface area contributed by atoms with Gasteiger partial charge in [-0.1, -0.05) is 55.8 Å². The van der Waals surface area contributed by atoms with Crippen molar-refractivity contribution in [2.75, 3.05) is 20.7 Å². The second-order valence-corrected chi connectivity index (χ2v) is 6.49. The molecule has 0 aliphatic heterocycles. The first-order chi connectivity index (χ1) is 11.6. The van der Waals surface area contributed by atoms with Crippen LogP contribution in [0.1, 0.15) is 37.3 Å². The van der Waals surface area contributed by atoms with Crippen LogP contribution in [-0.2, 0) is 12.1 Å². The monoisotopic (exact) mass is 327 g/mol. The van der Waals surface area contributed by atoms with Crippen LogP contribution >= 0.6 is 0 Å². The van der Waals surface area contributed by atoms with Crippen molar-refractivity contribution < 1.29 is 9.84 Å². The molecular formula is C21H29NO2. The van der Waals surface area contributed by atoms with E-state index in [1.54, 1.807) is 7.11 Å². The molecule has 2 aromatic carbocycles. The number of benzene rings is 2. The van der Waals surface area contributed by atoms with Gasteiger partial charge in [0.1, 0.15) is 5.75 Å². The average Bonchev–Trinajstić information content (AvgIpc) is 2.61. The molecule has 0 saturated carbocycles. The molecule has 0 aliphatic carbocycles. The topological polar surface area (TPSA) is 32.7 Å². The predicted octanol–water partition coefficient (Wildman–Crippen LogP) is 4.21. The molecule has 1 unspecified atom stereocenters. The van der Waals surface area contributed by atoms with E-state index in [4.69, 9.17) is 4.74 Å². The van der Waals surface area contributed by atoms with E-state index in [1.807, 2.05) is 30.3 Å². The van der Waals surface area contributed by atoms with Crippen LogP contribution < -0.4 is 4.74 Å². The summed E-state index contributed by atoms with van der Waals surface area (Å²) in [4.78, 5) is 2.26. The van der Waals surface area contributed by atoms with Crippen LogP contribution in [0, 0.1) is 0 Å². The molecule has 0 aliphatic rings. The van der Waals surface area contributed by atoms with Crippen molar-refractivity contribution in [3.8, 4) is 5.75 Å². The summed E-state index contributed by atoms with van der Waals surface area (Å²) < 4.78 is 5.31. The summed E-state index contributed by atoms with van der Waals surface area (Å²) in [5.74, 6) is 0.791. The highest BCUT2D eigenvalue weighted by Gasteiger charge is 2.28. The molecule has 0 saturated heterocycles. The smallest absolute Gasteiger partial charge is 0.119 e. The Hall–Kier alpha value is -1.84. The van der Waals surface area contributed by atoms with Crippen molar-refractivity contribution in [2.45, 2.75) is 38.3 Å². The normalized spacial score (nSPS) is 13.7. The largest absolute Gasteiger partial charge is 0.497 e. The van der Waals surface area contributed by atoms with Crippen molar-refractivity contribution in [1.82, 2.24) is 4.90 Å². The minimum absolute atomic E-state index is 0.706. The summed E-state index contributed by atoms with van der Waals surface area (Å²) in [5, 5.41) is 11.2. The summed E-state index contributed by atoms with van der Waals surface area (Å²) in [7, 11) is 3.76. The number of aliphatic hydroxyl groups is 1. The quantitative estimate of drug-likeness (QED) is 0.749. The Balaban J connectivity index is 2.04. The zero-order valence-electron chi connectivity index (χ0n) is 15.0. The number of nitrogens with zero attached hydrogens (tertiary/aromatic N) is 1. The maximum absolute atomic E-state index is 11.2. The highest BCUT2D eigenvalue weighted by molar-refractivity contribution is 5.32. The zero-order valence-corrected chi connectivity index (χ0v) is 15.0. The SMILES string of the molecule is CCCC(O)(CCN(C)Cc1ccccc1)c1cccc(OC)c1. The van der Waals surface area contributed by atoms with E-state index in [0.717, 1.165) is 37.2 Å². The van der Waals surface area contributed by atoms with Crippen LogP contribution in [0.15, 0.2) is 54.6 Å². The Labute approximate surface area is 145 Å². The first-order valence-electron chi connectivity index (χ1n) is 8.67. The van der Waals surface area contributed by atoms with Gasteiger partial charge in [-0.05, 0) is 43.1 Å². The lowest BCUT2D eigenvalue weighted by atomic mass is 9.86. The molecule has 24 heavy (non-hydrogen) atoms. The third kappa shape index (κ3) is 5.08. The van der Waals surface area contributed by atoms with Gasteiger partial charge in [-0.2, -0.15) is 0 Å². The van der Waals surface area contributed by atoms with Crippen molar-refractivity contribution in [3.05, 3.63) is 65.7 Å². The van der Waals surface area contributed by atoms with Gasteiger partial charge in [0.2, 0.25) is 0 Å². The maximum atomic E-state index is 11.2. The zero-order chi connectivity index (χ0) is 17.4. The number of hydrogen-bond donors (Lipinski definition) is 1. The Morgan fingerprint density at radius 3 is 2.46 bits per heavy atom. The van der Waals surface area contributed by atoms with Crippen molar-refractivity contribution >= 4 is 0 Å². The second-order valence-electron chi connectivity index (χ2n) is 6.49. The van der Waals surface area contributed by atoms with Gasteiger partial charge >= 0.3 is 0 Å². The Bertz CT molecular complexity index is 614. The van der Waals surface area contributed by atoms with Crippen molar-refractivity contribution in [1.29, 1.82) is 0 Å². The van der Waals surface area contributed by atoms with Gasteiger partial charge in [0.25, 0.3) is 0 Å². The first-order valence-corrected chi connectivity index (χ1v) is 8.67. The molecule has 130 valence electrons. The molecule has 1 N–H and O–H groups in total. The first kappa shape index (κ1) is 18.5. The molecule has 2 rings (SSSR count). The Kier molecular flexibility index (Phi) is 6.83. The van der Waals surface area contributed by atoms with Crippen molar-refractivity contribution in [3.63, 3.8) is 0 Å². The summed E-state index contributed by atoms with van der Waals surface area (Å²) >= 11 is 0. The van der Waals surface area contributed by atoms with E-state index < -0.39 is 5.60 Å². The third-order valence-corrected chi connectivity index (χ3v) is 4.47. The van der Waals surface area contributed by atoms with E-state index in [2.05, 4.69) is 43.1 Å². The van der Waals surface area contributed by atoms with Gasteiger partial charge < -0.3 is 14.7 Å². The molecule has 0 spiro atoms. The predicted molar refractivity (Wildman–Crippen MR) is 99.2 cm³/mol. The third-order valence-electron chi connectivity index (χ3n) is 4.47. The summed E-state index contributed by atoms with van der Waals surface area (Å²) in [6.45, 7) is 3.84. The lowest BCUT2D eigenvalue weighted by molar-refractivity contribution is 0.00928. The van der Waals surface area contributed by atoms with Crippen LogP contribution in [0.3, 0.4) is 0 Å². The van der Waals surface area contributed by atoms with Gasteiger partial charge in [0.05, 0.1) is 12.7 Å². The van der Waals surface area contributed by atoms with Gasteiger partial charge in [-0.3, -0.25) is 0 Å². The Morgan fingerprint density at radius 2 is 1.79 bits per heavy atom. The van der Waals surface area contributed by atoms with Crippen LogP contribution in [0.5, 0.6) is 5.75 Å². The van der Waals surface area contributed by atoms with Crippen LogP contribution in [-0.4, -0.2) is 30.7 Å². The summed E-state index contributed by atoms with van der Waals surface area (Å²) in [6.07, 6.45) is 2.40. The minimum Gasteiger partial charge on any atom is -0.497 e. The number of hydrogen-bond acceptors (Lipinski definition) is 3. The molecular weight excluding hydrogens is 298 g/mol. The van der Waals surface area contributed by atoms with E-state index in [-0.39, 0.29) is 0 Å². The molecule has 2 aromatic rings. The van der Waals surface area contributed by atoms with Gasteiger partial charge in [-0.15, -0.1) is 0 Å². The van der Waals surface area contributed by atoms with Crippen LogP contribution in [0.2, 0.25) is 0 Å². The number of ether oxygens (including phenoxy) is 1. The standard InChI is InChI=1S/C21H29NO2/c1-4-13-21(23,19-11-8-12-20(16-19)24-3)14-15-22(2)17-18-9-6-5-7-10-18/h5-12,16,23H,4,13-15,17H2,1-3H3. The molecule has 0 aromatic heterocycles. The second kappa shape index (κ2) is 8.86. The lowest BCUT2D eigenvalue weighted by Crippen LogP contribution is -2.31. The average molecular weight is 327 g/mol. The summed E-state index contributed by atoms with van der Waals surface area (Å²) in [6, 6.07) is 18.2. The summed E-state index contributed by atoms with van der Waals surface area (Å²) in [5.41, 5.74) is 1.42. The molecule has 0 bridgehead atoms. The number of methoxy groups -OCH3 is 1. The molecule has 1 atom stereocenters.